The second kappa shape index (κ2) is 10.5. The quantitative estimate of drug-likeness (QED) is 0.245. The summed E-state index contributed by atoms with van der Waals surface area (Å²) in [5.74, 6) is -1.35. The number of carbonyl (C=O) groups is 3. The lowest BCUT2D eigenvalue weighted by Gasteiger charge is -2.12. The maximum atomic E-state index is 13.3. The highest BCUT2D eigenvalue weighted by Crippen LogP contribution is 2.34. The number of nitrogens with zero attached hydrogens (tertiary/aromatic N) is 2. The van der Waals surface area contributed by atoms with Crippen LogP contribution in [0, 0.1) is 5.82 Å². The fourth-order valence-corrected chi connectivity index (χ4v) is 5.26. The molecule has 1 N–H and O–H groups in total. The number of rotatable bonds is 6. The topological polar surface area (TPSA) is 71.4 Å². The molecule has 10 heteroatoms. The first-order valence-electron chi connectivity index (χ1n) is 11.1. The van der Waals surface area contributed by atoms with Gasteiger partial charge in [-0.2, -0.15) is 0 Å². The Morgan fingerprint density at radius 1 is 1.08 bits per heavy atom. The fourth-order valence-electron chi connectivity index (χ4n) is 4.00. The smallest absolute Gasteiger partial charge is 0.294 e. The number of halogens is 3. The molecular formula is C27H18BrClFN3O3S. The average molecular weight is 599 g/mol. The molecule has 0 saturated carbocycles. The molecule has 4 aromatic rings. The van der Waals surface area contributed by atoms with E-state index in [1.807, 2.05) is 35.0 Å². The van der Waals surface area contributed by atoms with Crippen LogP contribution in [0.3, 0.4) is 0 Å². The van der Waals surface area contributed by atoms with Crippen LogP contribution in [0.15, 0.2) is 82.3 Å². The molecule has 0 atom stereocenters. The molecule has 5 rings (SSSR count). The maximum Gasteiger partial charge on any atom is 0.294 e. The molecule has 1 aliphatic rings. The number of para-hydroxylation sites is 1. The Balaban J connectivity index is 1.36. The van der Waals surface area contributed by atoms with Crippen molar-refractivity contribution >= 4 is 79.0 Å². The van der Waals surface area contributed by atoms with E-state index in [0.717, 1.165) is 38.7 Å². The van der Waals surface area contributed by atoms with Crippen molar-refractivity contribution in [2.24, 2.45) is 0 Å². The maximum absolute atomic E-state index is 13.3. The van der Waals surface area contributed by atoms with Gasteiger partial charge in [-0.25, -0.2) is 4.39 Å². The highest BCUT2D eigenvalue weighted by molar-refractivity contribution is 9.10. The van der Waals surface area contributed by atoms with E-state index in [1.54, 1.807) is 36.4 Å². The first-order valence-corrected chi connectivity index (χ1v) is 13.1. The second-order valence-corrected chi connectivity index (χ2v) is 10.6. The summed E-state index contributed by atoms with van der Waals surface area (Å²) in [4.78, 5) is 39.3. The molecule has 3 aromatic carbocycles. The Kier molecular flexibility index (Phi) is 7.19. The third kappa shape index (κ3) is 5.49. The van der Waals surface area contributed by atoms with Crippen molar-refractivity contribution in [3.05, 3.63) is 104 Å². The number of imide groups is 1. The van der Waals surface area contributed by atoms with Gasteiger partial charge in [0.15, 0.2) is 0 Å². The summed E-state index contributed by atoms with van der Waals surface area (Å²) in [5.41, 5.74) is 3.07. The number of fused-ring (bicyclic) bond motifs is 1. The first kappa shape index (κ1) is 25.3. The minimum absolute atomic E-state index is 0.231. The van der Waals surface area contributed by atoms with Crippen LogP contribution in [0.25, 0.3) is 17.0 Å². The number of nitrogens with one attached hydrogen (secondary N) is 1. The van der Waals surface area contributed by atoms with Crippen LogP contribution in [0.1, 0.15) is 11.1 Å². The minimum atomic E-state index is -0.533. The van der Waals surface area contributed by atoms with Gasteiger partial charge in [0.2, 0.25) is 5.91 Å². The van der Waals surface area contributed by atoms with Crippen LogP contribution >= 0.6 is 39.3 Å². The van der Waals surface area contributed by atoms with Crippen molar-refractivity contribution in [2.45, 2.75) is 6.54 Å². The fraction of sp³-hybridized carbons (Fsp3) is 0.0741. The van der Waals surface area contributed by atoms with Crippen molar-refractivity contribution in [3.63, 3.8) is 0 Å². The highest BCUT2D eigenvalue weighted by atomic mass is 79.9. The van der Waals surface area contributed by atoms with Crippen molar-refractivity contribution in [2.75, 3.05) is 11.9 Å². The molecule has 0 unspecified atom stereocenters. The number of thioether (sulfide) groups is 1. The molecule has 0 aliphatic carbocycles. The number of hydrogen-bond acceptors (Lipinski definition) is 4. The van der Waals surface area contributed by atoms with E-state index in [2.05, 4.69) is 21.2 Å². The molecule has 3 amide bonds. The van der Waals surface area contributed by atoms with Gasteiger partial charge in [-0.1, -0.05) is 41.9 Å². The van der Waals surface area contributed by atoms with E-state index in [9.17, 15) is 18.8 Å². The average Bonchev–Trinajstić information content (AvgIpc) is 3.35. The Hall–Kier alpha value is -3.40. The van der Waals surface area contributed by atoms with Gasteiger partial charge in [0.25, 0.3) is 11.1 Å². The molecule has 0 radical (unpaired) electrons. The van der Waals surface area contributed by atoms with Gasteiger partial charge in [-0.3, -0.25) is 19.3 Å². The molecule has 6 nitrogen and oxygen atoms in total. The number of benzene rings is 3. The van der Waals surface area contributed by atoms with E-state index in [4.69, 9.17) is 11.6 Å². The van der Waals surface area contributed by atoms with Crippen LogP contribution in [0.4, 0.5) is 14.9 Å². The van der Waals surface area contributed by atoms with Gasteiger partial charge in [-0.15, -0.1) is 0 Å². The number of amides is 3. The predicted octanol–water partition coefficient (Wildman–Crippen LogP) is 6.92. The molecule has 1 fully saturated rings. The molecule has 37 heavy (non-hydrogen) atoms. The number of hydrogen-bond donors (Lipinski definition) is 1. The number of carbonyl (C=O) groups excluding carboxylic acids is 3. The van der Waals surface area contributed by atoms with Crippen LogP contribution in [-0.2, 0) is 16.1 Å². The van der Waals surface area contributed by atoms with Crippen LogP contribution < -0.4 is 5.32 Å². The van der Waals surface area contributed by atoms with E-state index in [-0.39, 0.29) is 10.7 Å². The molecule has 1 saturated heterocycles. The summed E-state index contributed by atoms with van der Waals surface area (Å²) in [6.07, 6.45) is 3.56. The van der Waals surface area contributed by atoms with E-state index in [0.29, 0.717) is 21.7 Å². The Labute approximate surface area is 229 Å². The monoisotopic (exact) mass is 597 g/mol. The summed E-state index contributed by atoms with van der Waals surface area (Å²) < 4.78 is 16.0. The largest absolute Gasteiger partial charge is 0.342 e. The van der Waals surface area contributed by atoms with Gasteiger partial charge in [-0.05, 0) is 75.7 Å². The Morgan fingerprint density at radius 3 is 2.59 bits per heavy atom. The van der Waals surface area contributed by atoms with E-state index < -0.39 is 23.6 Å². The van der Waals surface area contributed by atoms with Gasteiger partial charge in [0.05, 0.1) is 9.93 Å². The summed E-state index contributed by atoms with van der Waals surface area (Å²) in [6, 6.07) is 18.9. The summed E-state index contributed by atoms with van der Waals surface area (Å²) in [7, 11) is 0. The van der Waals surface area contributed by atoms with Crippen molar-refractivity contribution in [3.8, 4) is 0 Å². The predicted molar refractivity (Wildman–Crippen MR) is 148 cm³/mol. The van der Waals surface area contributed by atoms with Crippen LogP contribution in [0.5, 0.6) is 0 Å². The molecule has 186 valence electrons. The van der Waals surface area contributed by atoms with Gasteiger partial charge in [0.1, 0.15) is 12.4 Å². The van der Waals surface area contributed by atoms with Crippen molar-refractivity contribution in [1.82, 2.24) is 9.47 Å². The summed E-state index contributed by atoms with van der Waals surface area (Å²) in [5, 5.41) is 3.46. The summed E-state index contributed by atoms with van der Waals surface area (Å²) in [6.45, 7) is 0.0956. The Morgan fingerprint density at radius 2 is 1.84 bits per heavy atom. The molecule has 0 bridgehead atoms. The molecule has 1 aromatic heterocycles. The van der Waals surface area contributed by atoms with Crippen LogP contribution in [-0.4, -0.2) is 33.1 Å². The van der Waals surface area contributed by atoms with Crippen molar-refractivity contribution in [1.29, 1.82) is 0 Å². The zero-order valence-electron chi connectivity index (χ0n) is 19.1. The van der Waals surface area contributed by atoms with Gasteiger partial charge >= 0.3 is 0 Å². The third-order valence-electron chi connectivity index (χ3n) is 5.75. The van der Waals surface area contributed by atoms with E-state index >= 15 is 0 Å². The zero-order valence-corrected chi connectivity index (χ0v) is 22.2. The Bertz CT molecular complexity index is 1590. The van der Waals surface area contributed by atoms with Crippen molar-refractivity contribution < 1.29 is 18.8 Å². The second-order valence-electron chi connectivity index (χ2n) is 8.30. The highest BCUT2D eigenvalue weighted by Gasteiger charge is 2.36. The van der Waals surface area contributed by atoms with Crippen LogP contribution in [0.2, 0.25) is 5.02 Å². The van der Waals surface area contributed by atoms with E-state index in [1.165, 1.54) is 12.1 Å². The third-order valence-corrected chi connectivity index (χ3v) is 7.89. The molecule has 1 aliphatic heterocycles. The SMILES string of the molecule is O=C(CN1C(=O)S/C(=C\c2cn(Cc3ccc(F)cc3)c3ccccc23)C1=O)Nc1ccc(Br)c(Cl)c1. The zero-order chi connectivity index (χ0) is 26.1. The molecular weight excluding hydrogens is 581 g/mol. The molecule has 2 heterocycles. The number of aromatic nitrogens is 1. The lowest BCUT2D eigenvalue weighted by molar-refractivity contribution is -0.127. The molecule has 0 spiro atoms. The lowest BCUT2D eigenvalue weighted by Crippen LogP contribution is -2.36. The first-order chi connectivity index (χ1) is 17.8. The number of anilines is 1. The normalized spacial score (nSPS) is 14.7. The van der Waals surface area contributed by atoms with Gasteiger partial charge < -0.3 is 9.88 Å². The lowest BCUT2D eigenvalue weighted by atomic mass is 10.1. The minimum Gasteiger partial charge on any atom is -0.342 e. The standard InChI is InChI=1S/C27H18BrClFN3O3S/c28-21-10-9-19(12-22(21)29)31-25(34)15-33-26(35)24(37-27(33)36)11-17-14-32(23-4-2-1-3-20(17)23)13-16-5-7-18(30)8-6-16/h1-12,14H,13,15H2,(H,31,34)/b24-11-. The van der Waals surface area contributed by atoms with Gasteiger partial charge in [0, 0.05) is 39.4 Å². The summed E-state index contributed by atoms with van der Waals surface area (Å²) >= 11 is 10.1.